The van der Waals surface area contributed by atoms with Crippen molar-refractivity contribution >= 4 is 49.7 Å². The van der Waals surface area contributed by atoms with E-state index in [-0.39, 0.29) is 17.2 Å². The van der Waals surface area contributed by atoms with Crippen molar-refractivity contribution in [3.8, 4) is 5.75 Å². The van der Waals surface area contributed by atoms with Crippen molar-refractivity contribution in [2.75, 3.05) is 6.54 Å². The number of benzene rings is 3. The molecule has 0 heterocycles. The molecule has 0 bridgehead atoms. The van der Waals surface area contributed by atoms with Crippen LogP contribution in [0.1, 0.15) is 11.1 Å². The van der Waals surface area contributed by atoms with Gasteiger partial charge in [0.2, 0.25) is 10.0 Å². The number of hydrazone groups is 1. The fourth-order valence-corrected chi connectivity index (χ4v) is 4.66. The molecule has 0 aromatic heterocycles. The molecule has 0 saturated carbocycles. The van der Waals surface area contributed by atoms with Gasteiger partial charge >= 0.3 is 0 Å². The molecule has 0 saturated heterocycles. The van der Waals surface area contributed by atoms with Gasteiger partial charge in [-0.1, -0.05) is 57.9 Å². The number of rotatable bonds is 8. The lowest BCUT2D eigenvalue weighted by atomic mass is 10.2. The number of halogens is 2. The highest BCUT2D eigenvalue weighted by atomic mass is 79.9. The molecule has 2 N–H and O–H groups in total. The molecule has 10 heteroatoms. The summed E-state index contributed by atoms with van der Waals surface area (Å²) >= 11 is 9.16. The van der Waals surface area contributed by atoms with Gasteiger partial charge in [-0.3, -0.25) is 4.79 Å². The number of aromatic hydroxyl groups is 1. The van der Waals surface area contributed by atoms with Crippen molar-refractivity contribution in [2.45, 2.75) is 11.4 Å². The van der Waals surface area contributed by atoms with Gasteiger partial charge in [-0.05, 0) is 48.0 Å². The average Bonchev–Trinajstić information content (AvgIpc) is 2.77. The van der Waals surface area contributed by atoms with E-state index in [1.165, 1.54) is 36.5 Å². The Morgan fingerprint density at radius 1 is 1.09 bits per heavy atom. The second kappa shape index (κ2) is 10.7. The van der Waals surface area contributed by atoms with Crippen molar-refractivity contribution in [2.24, 2.45) is 5.10 Å². The van der Waals surface area contributed by atoms with E-state index >= 15 is 0 Å². The number of nitrogens with zero attached hydrogens (tertiary/aromatic N) is 2. The molecule has 3 aromatic rings. The van der Waals surface area contributed by atoms with E-state index in [4.69, 9.17) is 11.6 Å². The molecule has 3 rings (SSSR count). The number of carbonyl (C=O) groups is 1. The molecule has 3 aromatic carbocycles. The zero-order chi connectivity index (χ0) is 23.1. The number of phenolic OH excluding ortho intramolecular Hbond substituents is 1. The summed E-state index contributed by atoms with van der Waals surface area (Å²) in [5, 5.41) is 14.1. The average molecular weight is 537 g/mol. The summed E-state index contributed by atoms with van der Waals surface area (Å²) in [5.41, 5.74) is 3.41. The highest BCUT2D eigenvalue weighted by Crippen LogP contribution is 2.21. The van der Waals surface area contributed by atoms with Crippen LogP contribution in [0, 0.1) is 0 Å². The van der Waals surface area contributed by atoms with Crippen molar-refractivity contribution in [1.82, 2.24) is 9.73 Å². The van der Waals surface area contributed by atoms with E-state index in [1.807, 2.05) is 6.07 Å². The molecular formula is C22H19BrClN3O4S. The molecule has 0 radical (unpaired) electrons. The Balaban J connectivity index is 1.78. The maximum Gasteiger partial charge on any atom is 0.255 e. The third-order valence-corrected chi connectivity index (χ3v) is 6.91. The van der Waals surface area contributed by atoms with Crippen molar-refractivity contribution < 1.29 is 18.3 Å². The summed E-state index contributed by atoms with van der Waals surface area (Å²) in [5.74, 6) is -0.647. The lowest BCUT2D eigenvalue weighted by molar-refractivity contribution is -0.121. The Morgan fingerprint density at radius 3 is 2.47 bits per heavy atom. The molecule has 0 aliphatic carbocycles. The summed E-state index contributed by atoms with van der Waals surface area (Å²) in [7, 11) is -3.98. The van der Waals surface area contributed by atoms with Crippen molar-refractivity contribution in [3.05, 3.63) is 93.4 Å². The van der Waals surface area contributed by atoms with E-state index in [2.05, 4.69) is 26.5 Å². The molecule has 32 heavy (non-hydrogen) atoms. The second-order valence-electron chi connectivity index (χ2n) is 6.71. The minimum atomic E-state index is -3.98. The molecule has 7 nitrogen and oxygen atoms in total. The zero-order valence-corrected chi connectivity index (χ0v) is 19.8. The fourth-order valence-electron chi connectivity index (χ4n) is 2.77. The van der Waals surface area contributed by atoms with Crippen LogP contribution in [-0.2, 0) is 21.4 Å². The van der Waals surface area contributed by atoms with Crippen LogP contribution in [0.25, 0.3) is 0 Å². The van der Waals surface area contributed by atoms with Gasteiger partial charge in [-0.25, -0.2) is 13.8 Å². The van der Waals surface area contributed by atoms with Crippen LogP contribution in [0.4, 0.5) is 0 Å². The third-order valence-electron chi connectivity index (χ3n) is 4.36. The smallest absolute Gasteiger partial charge is 0.255 e. The highest BCUT2D eigenvalue weighted by molar-refractivity contribution is 9.10. The Morgan fingerprint density at radius 2 is 1.78 bits per heavy atom. The van der Waals surface area contributed by atoms with Crippen LogP contribution in [0.2, 0.25) is 5.02 Å². The Hall–Kier alpha value is -2.72. The Bertz CT molecular complexity index is 1220. The first kappa shape index (κ1) is 23.9. The number of carbonyl (C=O) groups excluding carboxylic acids is 1. The minimum absolute atomic E-state index is 0.00461. The summed E-state index contributed by atoms with van der Waals surface area (Å²) in [6, 6.07) is 19.4. The van der Waals surface area contributed by atoms with Gasteiger partial charge in [0, 0.05) is 21.6 Å². The van der Waals surface area contributed by atoms with Gasteiger partial charge in [-0.2, -0.15) is 9.41 Å². The minimum Gasteiger partial charge on any atom is -0.507 e. The molecular weight excluding hydrogens is 518 g/mol. The SMILES string of the molecule is O=C(CN(Cc1ccccc1)S(=O)(=O)c1ccc(Cl)cc1)N/N=C\c1cc(Br)ccc1O. The van der Waals surface area contributed by atoms with E-state index < -0.39 is 22.5 Å². The highest BCUT2D eigenvalue weighted by Gasteiger charge is 2.27. The number of nitrogens with one attached hydrogen (secondary N) is 1. The number of sulfonamides is 1. The van der Waals surface area contributed by atoms with E-state index in [0.29, 0.717) is 10.6 Å². The maximum absolute atomic E-state index is 13.2. The topological polar surface area (TPSA) is 99.1 Å². The first-order chi connectivity index (χ1) is 15.3. The van der Waals surface area contributed by atoms with Crippen molar-refractivity contribution in [1.29, 1.82) is 0 Å². The van der Waals surface area contributed by atoms with Gasteiger partial charge in [0.25, 0.3) is 5.91 Å². The summed E-state index contributed by atoms with van der Waals surface area (Å²) in [4.78, 5) is 12.5. The number of phenols is 1. The van der Waals surface area contributed by atoms with Gasteiger partial charge < -0.3 is 5.11 Å². The molecule has 0 unspecified atom stereocenters. The molecule has 0 spiro atoms. The van der Waals surface area contributed by atoms with Crippen LogP contribution in [-0.4, -0.2) is 36.5 Å². The molecule has 0 aliphatic heterocycles. The third kappa shape index (κ3) is 6.39. The van der Waals surface area contributed by atoms with Crippen LogP contribution < -0.4 is 5.43 Å². The first-order valence-corrected chi connectivity index (χ1v) is 12.0. The monoisotopic (exact) mass is 535 g/mol. The first-order valence-electron chi connectivity index (χ1n) is 9.36. The largest absolute Gasteiger partial charge is 0.507 e. The van der Waals surface area contributed by atoms with Crippen LogP contribution in [0.3, 0.4) is 0 Å². The van der Waals surface area contributed by atoms with Crippen molar-refractivity contribution in [3.63, 3.8) is 0 Å². The van der Waals surface area contributed by atoms with Gasteiger partial charge in [0.15, 0.2) is 0 Å². The van der Waals surface area contributed by atoms with E-state index in [0.717, 1.165) is 14.3 Å². The Labute approximate surface area is 199 Å². The quantitative estimate of drug-likeness (QED) is 0.334. The fraction of sp³-hybridized carbons (Fsp3) is 0.0909. The molecule has 166 valence electrons. The van der Waals surface area contributed by atoms with E-state index in [1.54, 1.807) is 36.4 Å². The number of amides is 1. The predicted octanol–water partition coefficient (Wildman–Crippen LogP) is 4.15. The number of hydrogen-bond donors (Lipinski definition) is 2. The molecule has 1 amide bonds. The van der Waals surface area contributed by atoms with Crippen LogP contribution in [0.15, 0.2) is 87.3 Å². The predicted molar refractivity (Wildman–Crippen MR) is 127 cm³/mol. The van der Waals surface area contributed by atoms with Gasteiger partial charge in [0.1, 0.15) is 5.75 Å². The Kier molecular flexibility index (Phi) is 8.03. The van der Waals surface area contributed by atoms with Gasteiger partial charge in [-0.15, -0.1) is 0 Å². The summed E-state index contributed by atoms with van der Waals surface area (Å²) in [6.45, 7) is -0.461. The van der Waals surface area contributed by atoms with E-state index in [9.17, 15) is 18.3 Å². The lowest BCUT2D eigenvalue weighted by Crippen LogP contribution is -2.39. The molecule has 0 atom stereocenters. The maximum atomic E-state index is 13.2. The van der Waals surface area contributed by atoms with Gasteiger partial charge in [0.05, 0.1) is 17.7 Å². The number of hydrogen-bond acceptors (Lipinski definition) is 5. The van der Waals surface area contributed by atoms with Crippen LogP contribution >= 0.6 is 27.5 Å². The molecule has 0 fully saturated rings. The lowest BCUT2D eigenvalue weighted by Gasteiger charge is -2.21. The van der Waals surface area contributed by atoms with Crippen LogP contribution in [0.5, 0.6) is 5.75 Å². The zero-order valence-electron chi connectivity index (χ0n) is 16.7. The summed E-state index contributed by atoms with van der Waals surface area (Å²) in [6.07, 6.45) is 1.27. The second-order valence-corrected chi connectivity index (χ2v) is 10.00. The summed E-state index contributed by atoms with van der Waals surface area (Å²) < 4.78 is 28.2. The molecule has 0 aliphatic rings. The normalized spacial score (nSPS) is 11.7. The standard InChI is InChI=1S/C22H19BrClN3O4S/c23-18-6-11-21(28)17(12-18)13-25-26-22(29)15-27(14-16-4-2-1-3-5-16)32(30,31)20-9-7-19(24)8-10-20/h1-13,28H,14-15H2,(H,26,29)/b25-13-.